The van der Waals surface area contributed by atoms with Crippen LogP contribution < -0.4 is 4.90 Å². The molecule has 0 aliphatic heterocycles. The van der Waals surface area contributed by atoms with Crippen LogP contribution in [-0.2, 0) is 14.3 Å². The summed E-state index contributed by atoms with van der Waals surface area (Å²) in [5.41, 5.74) is 3.13. The first-order chi connectivity index (χ1) is 13.8. The molecule has 7 heteroatoms. The van der Waals surface area contributed by atoms with E-state index >= 15 is 0 Å². The van der Waals surface area contributed by atoms with Crippen molar-refractivity contribution >= 4 is 23.5 Å². The van der Waals surface area contributed by atoms with E-state index in [9.17, 15) is 14.4 Å². The number of ether oxygens (including phenoxy) is 2. The average molecular weight is 394 g/mol. The summed E-state index contributed by atoms with van der Waals surface area (Å²) in [6.07, 6.45) is 0.154. The van der Waals surface area contributed by atoms with E-state index in [-0.39, 0.29) is 18.5 Å². The van der Waals surface area contributed by atoms with Crippen molar-refractivity contribution in [2.24, 2.45) is 0 Å². The van der Waals surface area contributed by atoms with Crippen molar-refractivity contribution < 1.29 is 23.9 Å². The van der Waals surface area contributed by atoms with Gasteiger partial charge in [-0.1, -0.05) is 6.07 Å². The summed E-state index contributed by atoms with van der Waals surface area (Å²) < 4.78 is 9.73. The smallest absolute Gasteiger partial charge is 0.338 e. The minimum Gasteiger partial charge on any atom is -0.465 e. The van der Waals surface area contributed by atoms with Gasteiger partial charge in [0.1, 0.15) is 0 Å². The average Bonchev–Trinajstić information content (AvgIpc) is 2.71. The molecule has 0 atom stereocenters. The summed E-state index contributed by atoms with van der Waals surface area (Å²) in [5, 5.41) is 8.89. The van der Waals surface area contributed by atoms with Gasteiger partial charge in [0, 0.05) is 12.2 Å². The highest BCUT2D eigenvalue weighted by molar-refractivity contribution is 5.98. The summed E-state index contributed by atoms with van der Waals surface area (Å²) in [6, 6.07) is 13.4. The van der Waals surface area contributed by atoms with Gasteiger partial charge in [-0.15, -0.1) is 0 Å². The number of aryl methyl sites for hydroxylation is 2. The number of carbonyl (C=O) groups excluding carboxylic acids is 3. The van der Waals surface area contributed by atoms with Gasteiger partial charge in [-0.05, 0) is 61.4 Å². The second kappa shape index (κ2) is 10.0. The Balaban J connectivity index is 2.08. The van der Waals surface area contributed by atoms with Crippen LogP contribution >= 0.6 is 0 Å². The Labute approximate surface area is 169 Å². The number of nitrogens with zero attached hydrogens (tertiary/aromatic N) is 2. The van der Waals surface area contributed by atoms with E-state index in [2.05, 4.69) is 4.74 Å². The standard InChI is InChI=1S/C22H22N2O5/c1-15-11-16(2)13-19(12-15)24(10-4-9-23)20(25)14-29-22(27)18-7-5-17(6-8-18)21(26)28-3/h5-8,11-13H,4,10,14H2,1-3H3. The molecule has 29 heavy (non-hydrogen) atoms. The molecule has 0 heterocycles. The second-order valence-electron chi connectivity index (χ2n) is 6.44. The third kappa shape index (κ3) is 5.91. The lowest BCUT2D eigenvalue weighted by molar-refractivity contribution is -0.121. The lowest BCUT2D eigenvalue weighted by Gasteiger charge is -2.22. The molecule has 0 saturated heterocycles. The Morgan fingerprint density at radius 3 is 2.03 bits per heavy atom. The number of anilines is 1. The summed E-state index contributed by atoms with van der Waals surface area (Å²) in [6.45, 7) is 3.57. The van der Waals surface area contributed by atoms with E-state index in [0.717, 1.165) is 11.1 Å². The zero-order chi connectivity index (χ0) is 21.4. The maximum absolute atomic E-state index is 12.7. The monoisotopic (exact) mass is 394 g/mol. The first-order valence-electron chi connectivity index (χ1n) is 8.97. The molecule has 0 saturated carbocycles. The minimum atomic E-state index is -0.685. The van der Waals surface area contributed by atoms with Crippen LogP contribution in [0.5, 0.6) is 0 Å². The molecule has 0 aliphatic rings. The molecule has 0 bridgehead atoms. The van der Waals surface area contributed by atoms with E-state index in [4.69, 9.17) is 10.00 Å². The van der Waals surface area contributed by atoms with E-state index in [1.54, 1.807) is 0 Å². The molecule has 150 valence electrons. The first kappa shape index (κ1) is 21.6. The van der Waals surface area contributed by atoms with Gasteiger partial charge in [0.05, 0.1) is 30.7 Å². The highest BCUT2D eigenvalue weighted by Crippen LogP contribution is 2.19. The fourth-order valence-electron chi connectivity index (χ4n) is 2.81. The van der Waals surface area contributed by atoms with Crippen LogP contribution in [0.1, 0.15) is 38.3 Å². The number of hydrogen-bond acceptors (Lipinski definition) is 6. The van der Waals surface area contributed by atoms with E-state index in [1.165, 1.54) is 36.3 Å². The number of benzene rings is 2. The van der Waals surface area contributed by atoms with Gasteiger partial charge >= 0.3 is 11.9 Å². The van der Waals surface area contributed by atoms with Crippen molar-refractivity contribution in [1.29, 1.82) is 5.26 Å². The van der Waals surface area contributed by atoms with Crippen LogP contribution in [0.3, 0.4) is 0 Å². The SMILES string of the molecule is COC(=O)c1ccc(C(=O)OCC(=O)N(CCC#N)c2cc(C)cc(C)c2)cc1. The van der Waals surface area contributed by atoms with Crippen LogP contribution in [0.25, 0.3) is 0 Å². The highest BCUT2D eigenvalue weighted by Gasteiger charge is 2.19. The molecule has 2 aromatic rings. The maximum atomic E-state index is 12.7. The van der Waals surface area contributed by atoms with Crippen LogP contribution in [0.15, 0.2) is 42.5 Å². The molecule has 0 radical (unpaired) electrons. The number of rotatable bonds is 7. The lowest BCUT2D eigenvalue weighted by atomic mass is 10.1. The first-order valence-corrected chi connectivity index (χ1v) is 8.97. The number of nitriles is 1. The molecule has 0 N–H and O–H groups in total. The quantitative estimate of drug-likeness (QED) is 0.669. The topological polar surface area (TPSA) is 96.7 Å². The third-order valence-electron chi connectivity index (χ3n) is 4.13. The van der Waals surface area contributed by atoms with E-state index in [0.29, 0.717) is 11.3 Å². The summed E-state index contributed by atoms with van der Waals surface area (Å²) in [7, 11) is 1.27. The van der Waals surface area contributed by atoms with E-state index < -0.39 is 24.5 Å². The van der Waals surface area contributed by atoms with Crippen molar-refractivity contribution in [3.63, 3.8) is 0 Å². The van der Waals surface area contributed by atoms with Crippen molar-refractivity contribution in [3.05, 3.63) is 64.7 Å². The Morgan fingerprint density at radius 1 is 0.966 bits per heavy atom. The largest absolute Gasteiger partial charge is 0.465 e. The molecule has 2 rings (SSSR count). The number of amides is 1. The molecule has 2 aromatic carbocycles. The van der Waals surface area contributed by atoms with Gasteiger partial charge in [-0.2, -0.15) is 5.26 Å². The molecule has 1 amide bonds. The zero-order valence-electron chi connectivity index (χ0n) is 16.6. The van der Waals surface area contributed by atoms with Gasteiger partial charge in [0.25, 0.3) is 5.91 Å². The second-order valence-corrected chi connectivity index (χ2v) is 6.44. The molecular formula is C22H22N2O5. The fourth-order valence-corrected chi connectivity index (χ4v) is 2.81. The predicted octanol–water partition coefficient (Wildman–Crippen LogP) is 3.19. The third-order valence-corrected chi connectivity index (χ3v) is 4.13. The van der Waals surface area contributed by atoms with Crippen LogP contribution in [0, 0.1) is 25.2 Å². The molecule has 0 unspecified atom stereocenters. The number of methoxy groups -OCH3 is 1. The number of esters is 2. The van der Waals surface area contributed by atoms with Crippen molar-refractivity contribution in [2.45, 2.75) is 20.3 Å². The Morgan fingerprint density at radius 2 is 1.52 bits per heavy atom. The lowest BCUT2D eigenvalue weighted by Crippen LogP contribution is -2.35. The van der Waals surface area contributed by atoms with Crippen molar-refractivity contribution in [2.75, 3.05) is 25.2 Å². The molecule has 0 fully saturated rings. The van der Waals surface area contributed by atoms with Crippen LogP contribution in [0.4, 0.5) is 5.69 Å². The summed E-state index contributed by atoms with van der Waals surface area (Å²) >= 11 is 0. The Kier molecular flexibility index (Phi) is 7.49. The van der Waals surface area contributed by atoms with Gasteiger partial charge in [0.15, 0.2) is 6.61 Å². The van der Waals surface area contributed by atoms with Crippen LogP contribution in [-0.4, -0.2) is 38.1 Å². The van der Waals surface area contributed by atoms with Gasteiger partial charge in [-0.3, -0.25) is 4.79 Å². The highest BCUT2D eigenvalue weighted by atomic mass is 16.5. The van der Waals surface area contributed by atoms with Gasteiger partial charge in [-0.25, -0.2) is 9.59 Å². The van der Waals surface area contributed by atoms with Crippen molar-refractivity contribution in [1.82, 2.24) is 0 Å². The molecule has 0 spiro atoms. The number of hydrogen-bond donors (Lipinski definition) is 0. The fraction of sp³-hybridized carbons (Fsp3) is 0.273. The maximum Gasteiger partial charge on any atom is 0.338 e. The molecule has 0 aliphatic carbocycles. The molecule has 0 aromatic heterocycles. The Bertz CT molecular complexity index is 924. The zero-order valence-corrected chi connectivity index (χ0v) is 16.6. The minimum absolute atomic E-state index is 0.154. The summed E-state index contributed by atoms with van der Waals surface area (Å²) in [5.74, 6) is -1.62. The summed E-state index contributed by atoms with van der Waals surface area (Å²) in [4.78, 5) is 37.8. The van der Waals surface area contributed by atoms with Crippen molar-refractivity contribution in [3.8, 4) is 6.07 Å². The van der Waals surface area contributed by atoms with Crippen LogP contribution in [0.2, 0.25) is 0 Å². The van der Waals surface area contributed by atoms with E-state index in [1.807, 2.05) is 38.1 Å². The predicted molar refractivity (Wildman–Crippen MR) is 107 cm³/mol. The van der Waals surface area contributed by atoms with Gasteiger partial charge < -0.3 is 14.4 Å². The molecular weight excluding hydrogens is 372 g/mol. The van der Waals surface area contributed by atoms with Gasteiger partial charge in [0.2, 0.25) is 0 Å². The number of carbonyl (C=O) groups is 3. The Hall–Kier alpha value is -3.66. The normalized spacial score (nSPS) is 10.0. The molecule has 7 nitrogen and oxygen atoms in total.